The number of carboxylic acids is 1. The molecule has 3 atom stereocenters. The Morgan fingerprint density at radius 2 is 1.32 bits per heavy atom. The number of ether oxygens (including phenoxy) is 1. The number of hydrogen-bond acceptors (Lipinski definition) is 8. The van der Waals surface area contributed by atoms with Crippen LogP contribution in [0.1, 0.15) is 82.6 Å². The number of aliphatic hydroxyl groups is 1. The lowest BCUT2D eigenvalue weighted by Crippen LogP contribution is -2.68. The maximum atomic E-state index is 14.1. The van der Waals surface area contributed by atoms with Gasteiger partial charge in [0, 0.05) is 31.7 Å². The Morgan fingerprint density at radius 1 is 0.807 bits per heavy atom. The Hall–Kier alpha value is -4.68. The summed E-state index contributed by atoms with van der Waals surface area (Å²) in [7, 11) is 0. The van der Waals surface area contributed by atoms with E-state index in [-0.39, 0.29) is 37.7 Å². The normalized spacial score (nSPS) is 13.9. The number of carboxylic acid groups (broad SMARTS) is 1. The molecule has 4 N–H and O–H groups in total. The first-order valence-corrected chi connectivity index (χ1v) is 20.7. The maximum Gasteiger partial charge on any atom is 0.407 e. The second-order valence-electron chi connectivity index (χ2n) is 15.3. The summed E-state index contributed by atoms with van der Waals surface area (Å²) in [5.74, 6) is -1.40. The molecule has 10 nitrogen and oxygen atoms in total. The Balaban J connectivity index is 1.75. The second-order valence-corrected chi connectivity index (χ2v) is 16.5. The Morgan fingerprint density at radius 3 is 1.77 bits per heavy atom. The third-order valence-electron chi connectivity index (χ3n) is 9.80. The number of hydrogen-bond donors (Lipinski definition) is 4. The highest BCUT2D eigenvalue weighted by atomic mass is 32.2. The number of amides is 2. The zero-order chi connectivity index (χ0) is 41.3. The fourth-order valence-corrected chi connectivity index (χ4v) is 8.11. The van der Waals surface area contributed by atoms with E-state index in [1.54, 1.807) is 32.5 Å². The minimum absolute atomic E-state index is 0.0291. The van der Waals surface area contributed by atoms with Crippen LogP contribution in [-0.4, -0.2) is 76.1 Å². The highest BCUT2D eigenvalue weighted by molar-refractivity contribution is 8.00. The summed E-state index contributed by atoms with van der Waals surface area (Å²) in [5.41, 5.74) is 0.985. The van der Waals surface area contributed by atoms with Crippen LogP contribution in [0.15, 0.2) is 121 Å². The third kappa shape index (κ3) is 12.7. The average molecular weight is 798 g/mol. The van der Waals surface area contributed by atoms with Crippen molar-refractivity contribution in [2.24, 2.45) is 5.92 Å². The van der Waals surface area contributed by atoms with Gasteiger partial charge in [0.05, 0.1) is 17.4 Å². The summed E-state index contributed by atoms with van der Waals surface area (Å²) >= 11 is 1.59. The number of carbonyl (C=O) groups is 3. The third-order valence-corrected chi connectivity index (χ3v) is 11.5. The summed E-state index contributed by atoms with van der Waals surface area (Å²) in [4.78, 5) is 47.2. The van der Waals surface area contributed by atoms with Gasteiger partial charge in [0.2, 0.25) is 11.6 Å². The van der Waals surface area contributed by atoms with E-state index in [1.165, 1.54) is 0 Å². The zero-order valence-electron chi connectivity index (χ0n) is 33.9. The first-order valence-electron chi connectivity index (χ1n) is 19.7. The van der Waals surface area contributed by atoms with Crippen molar-refractivity contribution in [1.29, 1.82) is 0 Å². The Bertz CT molecular complexity index is 1710. The molecule has 4 aromatic carbocycles. The molecule has 0 saturated heterocycles. The molecule has 0 radical (unpaired) electrons. The molecular formula is C46H59N3O7S. The van der Waals surface area contributed by atoms with Gasteiger partial charge in [-0.3, -0.25) is 14.9 Å². The molecule has 0 aliphatic carbocycles. The lowest BCUT2D eigenvalue weighted by Gasteiger charge is -2.41. The van der Waals surface area contributed by atoms with Crippen molar-refractivity contribution in [3.8, 4) is 0 Å². The quantitative estimate of drug-likeness (QED) is 0.0353. The van der Waals surface area contributed by atoms with Crippen molar-refractivity contribution < 1.29 is 34.2 Å². The first kappa shape index (κ1) is 45.0. The second kappa shape index (κ2) is 21.7. The van der Waals surface area contributed by atoms with Crippen LogP contribution >= 0.6 is 11.8 Å². The van der Waals surface area contributed by atoms with Crippen molar-refractivity contribution in [1.82, 2.24) is 15.7 Å². The summed E-state index contributed by atoms with van der Waals surface area (Å²) in [5, 5.41) is 28.4. The van der Waals surface area contributed by atoms with E-state index in [2.05, 4.69) is 60.9 Å². The van der Waals surface area contributed by atoms with E-state index in [1.807, 2.05) is 84.9 Å². The van der Waals surface area contributed by atoms with Crippen molar-refractivity contribution >= 4 is 29.7 Å². The number of alkyl carbamates (subject to hydrolysis) is 1. The number of benzene rings is 4. The summed E-state index contributed by atoms with van der Waals surface area (Å²) in [6.07, 6.45) is 0.753. The SMILES string of the molecule is CC[C@H](C)CCON(C(=O)CCc1ccccc1)[C@](CCO)(NCC(CSC(c1ccccc1)(c1ccccc1)c1ccccc1)NC(=O)OC(C)(C)C)C(=O)O. The largest absolute Gasteiger partial charge is 0.478 e. The van der Waals surface area contributed by atoms with Gasteiger partial charge in [-0.15, -0.1) is 11.8 Å². The summed E-state index contributed by atoms with van der Waals surface area (Å²) in [6, 6.07) is 39.1. The van der Waals surface area contributed by atoms with Gasteiger partial charge >= 0.3 is 12.1 Å². The zero-order valence-corrected chi connectivity index (χ0v) is 34.7. The number of carbonyl (C=O) groups excluding carboxylic acids is 2. The lowest BCUT2D eigenvalue weighted by molar-refractivity contribution is -0.238. The topological polar surface area (TPSA) is 137 Å². The summed E-state index contributed by atoms with van der Waals surface area (Å²) < 4.78 is 4.95. The van der Waals surface area contributed by atoms with E-state index in [9.17, 15) is 24.6 Å². The van der Waals surface area contributed by atoms with Gasteiger partial charge in [0.25, 0.3) is 0 Å². The molecule has 0 bridgehead atoms. The van der Waals surface area contributed by atoms with Crippen LogP contribution in [0.3, 0.4) is 0 Å². The Kier molecular flexibility index (Phi) is 17.2. The van der Waals surface area contributed by atoms with Crippen LogP contribution in [0.25, 0.3) is 0 Å². The molecule has 0 aliphatic rings. The van der Waals surface area contributed by atoms with Gasteiger partial charge in [0.1, 0.15) is 5.60 Å². The van der Waals surface area contributed by atoms with Gasteiger partial charge < -0.3 is 20.3 Å². The number of aryl methyl sites for hydroxylation is 1. The number of aliphatic hydroxyl groups excluding tert-OH is 1. The van der Waals surface area contributed by atoms with Gasteiger partial charge in [0.15, 0.2) is 0 Å². The smallest absolute Gasteiger partial charge is 0.407 e. The number of rotatable bonds is 22. The van der Waals surface area contributed by atoms with Crippen LogP contribution < -0.4 is 10.6 Å². The van der Waals surface area contributed by atoms with Crippen LogP contribution in [-0.2, 0) is 30.3 Å². The standard InChI is InChI=1S/C46H59N3O7S/c1-6-35(2)29-32-55-49(41(51)28-27-36-19-11-7-12-20-36)45(30-31-50,42(52)53)47-33-40(48-43(54)56-44(3,4)5)34-57-46(37-21-13-8-14-22-37,38-23-15-9-16-24-38)39-25-17-10-18-26-39/h7-26,35,40,47,50H,6,27-34H2,1-5H3,(H,48,54)(H,52,53)/t35-,40?,45-/m0/s1. The molecule has 0 heterocycles. The number of nitrogens with zero attached hydrogens (tertiary/aromatic N) is 1. The van der Waals surface area contributed by atoms with Gasteiger partial charge in [-0.1, -0.05) is 142 Å². The van der Waals surface area contributed by atoms with Gasteiger partial charge in [-0.05, 0) is 61.8 Å². The number of thioether (sulfide) groups is 1. The van der Waals surface area contributed by atoms with Crippen LogP contribution in [0, 0.1) is 5.92 Å². The van der Waals surface area contributed by atoms with Crippen LogP contribution in [0.5, 0.6) is 0 Å². The molecule has 0 spiro atoms. The molecule has 0 saturated carbocycles. The van der Waals surface area contributed by atoms with E-state index in [0.717, 1.165) is 33.7 Å². The maximum absolute atomic E-state index is 14.1. The van der Waals surface area contributed by atoms with Crippen LogP contribution in [0.4, 0.5) is 4.79 Å². The van der Waals surface area contributed by atoms with Gasteiger partial charge in [-0.2, -0.15) is 5.06 Å². The molecule has 2 amide bonds. The predicted molar refractivity (Wildman–Crippen MR) is 227 cm³/mol. The molecule has 11 heteroatoms. The van der Waals surface area contributed by atoms with Crippen molar-refractivity contribution in [3.63, 3.8) is 0 Å². The number of nitrogens with one attached hydrogen (secondary N) is 2. The fraction of sp³-hybridized carbons (Fsp3) is 0.413. The monoisotopic (exact) mass is 797 g/mol. The van der Waals surface area contributed by atoms with Gasteiger partial charge in [-0.25, -0.2) is 9.59 Å². The molecule has 1 unspecified atom stereocenters. The summed E-state index contributed by atoms with van der Waals surface area (Å²) in [6.45, 7) is 8.84. The molecule has 306 valence electrons. The number of hydroxylamine groups is 2. The minimum atomic E-state index is -2.17. The molecular weight excluding hydrogens is 739 g/mol. The predicted octanol–water partition coefficient (Wildman–Crippen LogP) is 8.19. The van der Waals surface area contributed by atoms with Crippen molar-refractivity contribution in [2.75, 3.05) is 25.5 Å². The van der Waals surface area contributed by atoms with Crippen molar-refractivity contribution in [3.05, 3.63) is 144 Å². The highest BCUT2D eigenvalue weighted by Gasteiger charge is 2.48. The molecule has 0 fully saturated rings. The number of aliphatic carboxylic acids is 1. The molecule has 57 heavy (non-hydrogen) atoms. The van der Waals surface area contributed by atoms with E-state index < -0.39 is 46.6 Å². The average Bonchev–Trinajstić information content (AvgIpc) is 3.21. The first-order chi connectivity index (χ1) is 27.3. The molecule has 0 aliphatic heterocycles. The molecule has 0 aromatic heterocycles. The highest BCUT2D eigenvalue weighted by Crippen LogP contribution is 2.48. The molecule has 4 aromatic rings. The van der Waals surface area contributed by atoms with Crippen molar-refractivity contribution in [2.45, 2.75) is 88.8 Å². The Labute approximate surface area is 342 Å². The molecule has 4 rings (SSSR count). The lowest BCUT2D eigenvalue weighted by atomic mass is 9.84. The van der Waals surface area contributed by atoms with E-state index in [0.29, 0.717) is 12.8 Å². The van der Waals surface area contributed by atoms with E-state index in [4.69, 9.17) is 9.57 Å². The van der Waals surface area contributed by atoms with E-state index >= 15 is 0 Å². The van der Waals surface area contributed by atoms with Crippen LogP contribution in [0.2, 0.25) is 0 Å². The minimum Gasteiger partial charge on any atom is -0.478 e. The fourth-order valence-electron chi connectivity index (χ4n) is 6.55.